The minimum atomic E-state index is -3.84. The molecule has 2 N–H and O–H groups in total. The van der Waals surface area contributed by atoms with Crippen molar-refractivity contribution in [3.05, 3.63) is 82.9 Å². The van der Waals surface area contributed by atoms with Crippen molar-refractivity contribution in [2.45, 2.75) is 45.6 Å². The Morgan fingerprint density at radius 1 is 0.806 bits per heavy atom. The summed E-state index contributed by atoms with van der Waals surface area (Å²) in [6.45, 7) is 8.96. The number of benzene rings is 3. The third-order valence-corrected chi connectivity index (χ3v) is 8.23. The van der Waals surface area contributed by atoms with Crippen LogP contribution in [0.2, 0.25) is 0 Å². The highest BCUT2D eigenvalue weighted by Gasteiger charge is 2.29. The zero-order valence-corrected chi connectivity index (χ0v) is 22.8. The summed E-state index contributed by atoms with van der Waals surface area (Å²) in [4.78, 5) is 13.0. The number of sulfonamides is 2. The van der Waals surface area contributed by atoms with Gasteiger partial charge < -0.3 is 5.32 Å². The van der Waals surface area contributed by atoms with E-state index >= 15 is 0 Å². The van der Waals surface area contributed by atoms with Gasteiger partial charge in [-0.25, -0.2) is 16.8 Å². The van der Waals surface area contributed by atoms with Crippen LogP contribution in [0.25, 0.3) is 0 Å². The van der Waals surface area contributed by atoms with E-state index in [2.05, 4.69) is 10.0 Å². The second-order valence-electron chi connectivity index (χ2n) is 9.02. The zero-order valence-electron chi connectivity index (χ0n) is 21.2. The number of carbonyl (C=O) groups excluding carboxylic acids is 1. The van der Waals surface area contributed by atoms with Gasteiger partial charge in [0.1, 0.15) is 6.04 Å². The molecule has 0 aromatic heterocycles. The Balaban J connectivity index is 1.79. The maximum atomic E-state index is 13.0. The smallest absolute Gasteiger partial charge is 0.261 e. The molecular weight excluding hydrogens is 498 g/mol. The molecule has 0 spiro atoms. The summed E-state index contributed by atoms with van der Waals surface area (Å²) in [5.74, 6) is -0.552. The molecule has 0 heterocycles. The lowest BCUT2D eigenvalue weighted by Crippen LogP contribution is -2.45. The standard InChI is InChI=1S/C26H31N3O5S2/c1-17-7-12-25(20(4)14-17)28-36(33,34)24-10-8-22(9-11-24)27-26(30)21(5)29(35(6,31)32)23-15-18(2)13-19(3)16-23/h7-16,21,28H,1-6H3,(H,27,30)/t21-/m0/s1. The molecule has 0 aliphatic heterocycles. The van der Waals surface area contributed by atoms with Gasteiger partial charge in [-0.1, -0.05) is 23.8 Å². The molecule has 3 aromatic rings. The molecule has 192 valence electrons. The highest BCUT2D eigenvalue weighted by molar-refractivity contribution is 7.92. The van der Waals surface area contributed by atoms with Gasteiger partial charge >= 0.3 is 0 Å². The van der Waals surface area contributed by atoms with Crippen LogP contribution in [0.1, 0.15) is 29.2 Å². The highest BCUT2D eigenvalue weighted by Crippen LogP contribution is 2.25. The number of amides is 1. The Kier molecular flexibility index (Phi) is 7.80. The fourth-order valence-electron chi connectivity index (χ4n) is 3.98. The van der Waals surface area contributed by atoms with E-state index < -0.39 is 32.0 Å². The van der Waals surface area contributed by atoms with Crippen LogP contribution >= 0.6 is 0 Å². The lowest BCUT2D eigenvalue weighted by atomic mass is 10.1. The van der Waals surface area contributed by atoms with Crippen molar-refractivity contribution in [2.24, 2.45) is 0 Å². The van der Waals surface area contributed by atoms with Crippen LogP contribution in [0.3, 0.4) is 0 Å². The fraction of sp³-hybridized carbons (Fsp3) is 0.269. The Hall–Kier alpha value is -3.37. The maximum Gasteiger partial charge on any atom is 0.261 e. The van der Waals surface area contributed by atoms with Gasteiger partial charge in [0.2, 0.25) is 15.9 Å². The monoisotopic (exact) mass is 529 g/mol. The van der Waals surface area contributed by atoms with Crippen LogP contribution in [0.15, 0.2) is 65.6 Å². The van der Waals surface area contributed by atoms with E-state index in [1.807, 2.05) is 45.9 Å². The van der Waals surface area contributed by atoms with Crippen molar-refractivity contribution in [1.29, 1.82) is 0 Å². The Morgan fingerprint density at radius 3 is 1.92 bits per heavy atom. The molecule has 0 radical (unpaired) electrons. The van der Waals surface area contributed by atoms with Crippen LogP contribution in [-0.2, 0) is 24.8 Å². The number of nitrogens with one attached hydrogen (secondary N) is 2. The summed E-state index contributed by atoms with van der Waals surface area (Å²) in [5.41, 5.74) is 4.80. The van der Waals surface area contributed by atoms with Gasteiger partial charge in [-0.2, -0.15) is 0 Å². The molecule has 10 heteroatoms. The summed E-state index contributed by atoms with van der Waals surface area (Å²) < 4.78 is 54.4. The van der Waals surface area contributed by atoms with Crippen molar-refractivity contribution < 1.29 is 21.6 Å². The van der Waals surface area contributed by atoms with Gasteiger partial charge in [-0.3, -0.25) is 13.8 Å². The van der Waals surface area contributed by atoms with E-state index in [9.17, 15) is 21.6 Å². The molecule has 1 atom stereocenters. The first-order chi connectivity index (χ1) is 16.7. The third kappa shape index (κ3) is 6.44. The van der Waals surface area contributed by atoms with E-state index in [1.165, 1.54) is 31.2 Å². The van der Waals surface area contributed by atoms with Crippen molar-refractivity contribution in [2.75, 3.05) is 20.6 Å². The highest BCUT2D eigenvalue weighted by atomic mass is 32.2. The lowest BCUT2D eigenvalue weighted by Gasteiger charge is -2.28. The molecule has 36 heavy (non-hydrogen) atoms. The Morgan fingerprint density at radius 2 is 1.39 bits per heavy atom. The van der Waals surface area contributed by atoms with Gasteiger partial charge in [-0.05, 0) is 93.8 Å². The third-order valence-electron chi connectivity index (χ3n) is 5.61. The van der Waals surface area contributed by atoms with Gasteiger partial charge in [-0.15, -0.1) is 0 Å². The molecule has 1 amide bonds. The average molecular weight is 530 g/mol. The first kappa shape index (κ1) is 27.2. The minimum Gasteiger partial charge on any atom is -0.324 e. The van der Waals surface area contributed by atoms with Gasteiger partial charge in [0.25, 0.3) is 10.0 Å². The number of nitrogens with zero attached hydrogens (tertiary/aromatic N) is 1. The van der Waals surface area contributed by atoms with Crippen LogP contribution < -0.4 is 14.3 Å². The largest absolute Gasteiger partial charge is 0.324 e. The molecule has 0 bridgehead atoms. The Bertz CT molecular complexity index is 1480. The first-order valence-electron chi connectivity index (χ1n) is 11.3. The fourth-order valence-corrected chi connectivity index (χ4v) is 6.27. The SMILES string of the molecule is Cc1cc(C)cc(N([C@@H](C)C(=O)Nc2ccc(S(=O)(=O)Nc3ccc(C)cc3C)cc2)S(C)(=O)=O)c1. The molecule has 0 aliphatic rings. The van der Waals surface area contributed by atoms with Crippen molar-refractivity contribution in [3.8, 4) is 0 Å². The van der Waals surface area contributed by atoms with Crippen LogP contribution in [0, 0.1) is 27.7 Å². The van der Waals surface area contributed by atoms with Crippen molar-refractivity contribution in [1.82, 2.24) is 0 Å². The second kappa shape index (κ2) is 10.3. The normalized spacial score (nSPS) is 12.6. The van der Waals surface area contributed by atoms with Crippen LogP contribution in [0.4, 0.5) is 17.1 Å². The number of rotatable bonds is 8. The number of carbonyl (C=O) groups is 1. The van der Waals surface area contributed by atoms with Crippen molar-refractivity contribution in [3.63, 3.8) is 0 Å². The number of anilines is 3. The number of aryl methyl sites for hydroxylation is 4. The lowest BCUT2D eigenvalue weighted by molar-refractivity contribution is -0.116. The summed E-state index contributed by atoms with van der Waals surface area (Å²) in [6, 6.07) is 15.4. The van der Waals surface area contributed by atoms with Gasteiger partial charge in [0.05, 0.1) is 22.5 Å². The van der Waals surface area contributed by atoms with E-state index in [-0.39, 0.29) is 4.90 Å². The summed E-state index contributed by atoms with van der Waals surface area (Å²) in [5, 5.41) is 2.68. The van der Waals surface area contributed by atoms with E-state index in [1.54, 1.807) is 18.2 Å². The maximum absolute atomic E-state index is 13.0. The molecule has 3 aromatic carbocycles. The molecular formula is C26H31N3O5S2. The predicted octanol–water partition coefficient (Wildman–Crippen LogP) is 4.51. The molecule has 8 nitrogen and oxygen atoms in total. The topological polar surface area (TPSA) is 113 Å². The van der Waals surface area contributed by atoms with Crippen LogP contribution in [-0.4, -0.2) is 35.0 Å². The molecule has 0 fully saturated rings. The van der Waals surface area contributed by atoms with E-state index in [4.69, 9.17) is 0 Å². The minimum absolute atomic E-state index is 0.0292. The van der Waals surface area contributed by atoms with E-state index in [0.717, 1.165) is 32.8 Å². The second-order valence-corrected chi connectivity index (χ2v) is 12.6. The molecule has 0 unspecified atom stereocenters. The molecule has 0 saturated carbocycles. The zero-order chi connectivity index (χ0) is 26.8. The van der Waals surface area contributed by atoms with Crippen molar-refractivity contribution >= 4 is 43.0 Å². The molecule has 0 aliphatic carbocycles. The molecule has 0 saturated heterocycles. The molecule has 3 rings (SSSR count). The summed E-state index contributed by atoms with van der Waals surface area (Å²) >= 11 is 0. The van der Waals surface area contributed by atoms with Crippen LogP contribution in [0.5, 0.6) is 0 Å². The van der Waals surface area contributed by atoms with Gasteiger partial charge in [0, 0.05) is 5.69 Å². The summed E-state index contributed by atoms with van der Waals surface area (Å²) in [7, 11) is -7.60. The average Bonchev–Trinajstić information content (AvgIpc) is 2.74. The Labute approximate surface area is 213 Å². The number of hydrogen-bond donors (Lipinski definition) is 2. The summed E-state index contributed by atoms with van der Waals surface area (Å²) in [6.07, 6.45) is 1.05. The van der Waals surface area contributed by atoms with E-state index in [0.29, 0.717) is 17.1 Å². The van der Waals surface area contributed by atoms with Gasteiger partial charge in [0.15, 0.2) is 0 Å². The first-order valence-corrected chi connectivity index (χ1v) is 14.6. The quantitative estimate of drug-likeness (QED) is 0.446. The predicted molar refractivity (Wildman–Crippen MR) is 144 cm³/mol. The number of hydrogen-bond acceptors (Lipinski definition) is 5.